The minimum atomic E-state index is -0.231. The smallest absolute Gasteiger partial charge is 0.226 e. The third-order valence-electron chi connectivity index (χ3n) is 2.92. The van der Waals surface area contributed by atoms with E-state index < -0.39 is 0 Å². The zero-order valence-electron chi connectivity index (χ0n) is 11.0. The molecule has 0 aromatic carbocycles. The van der Waals surface area contributed by atoms with Gasteiger partial charge >= 0.3 is 0 Å². The average Bonchev–Trinajstić information content (AvgIpc) is 2.76. The van der Waals surface area contributed by atoms with Gasteiger partial charge in [0, 0.05) is 25.1 Å². The van der Waals surface area contributed by atoms with Crippen molar-refractivity contribution in [3.05, 3.63) is 0 Å². The summed E-state index contributed by atoms with van der Waals surface area (Å²) in [5.41, 5.74) is 0. The second kappa shape index (κ2) is 7.19. The summed E-state index contributed by atoms with van der Waals surface area (Å²) in [6, 6.07) is -0.231. The number of amides is 1. The van der Waals surface area contributed by atoms with Crippen LogP contribution in [-0.2, 0) is 14.4 Å². The van der Waals surface area contributed by atoms with E-state index in [4.69, 9.17) is 0 Å². The number of carbonyl (C=O) groups is 3. The molecule has 1 aliphatic rings. The van der Waals surface area contributed by atoms with Crippen molar-refractivity contribution in [2.45, 2.75) is 39.7 Å². The predicted octanol–water partition coefficient (Wildman–Crippen LogP) is 2.13. The molecule has 2 atom stereocenters. The van der Waals surface area contributed by atoms with Gasteiger partial charge in [0.05, 0.1) is 6.04 Å². The van der Waals surface area contributed by atoms with Crippen LogP contribution in [0.25, 0.3) is 0 Å². The van der Waals surface area contributed by atoms with Crippen molar-refractivity contribution in [3.63, 3.8) is 0 Å². The van der Waals surface area contributed by atoms with Gasteiger partial charge in [-0.3, -0.25) is 14.4 Å². The van der Waals surface area contributed by atoms with Crippen LogP contribution in [0.2, 0.25) is 0 Å². The van der Waals surface area contributed by atoms with Gasteiger partial charge in [0.25, 0.3) is 0 Å². The highest BCUT2D eigenvalue weighted by Gasteiger charge is 2.33. The maximum Gasteiger partial charge on any atom is 0.226 e. The first-order valence-electron chi connectivity index (χ1n) is 6.04. The largest absolute Gasteiger partial charge is 0.332 e. The summed E-state index contributed by atoms with van der Waals surface area (Å²) in [5, 5.41) is 0.0439. The van der Waals surface area contributed by atoms with Crippen molar-refractivity contribution in [2.24, 2.45) is 5.92 Å². The summed E-state index contributed by atoms with van der Waals surface area (Å²) >= 11 is 0. The molecular weight excluding hydrogens is 270 g/mol. The molecule has 0 spiro atoms. The lowest BCUT2D eigenvalue weighted by Gasteiger charge is -2.25. The van der Waals surface area contributed by atoms with Crippen molar-refractivity contribution in [1.82, 2.24) is 4.90 Å². The maximum atomic E-state index is 12.2. The van der Waals surface area contributed by atoms with Gasteiger partial charge in [-0.25, -0.2) is 0 Å². The van der Waals surface area contributed by atoms with Gasteiger partial charge in [0.2, 0.25) is 5.91 Å². The molecule has 1 rings (SSSR count). The molecule has 0 bridgehead atoms. The van der Waals surface area contributed by atoms with E-state index in [0.717, 1.165) is 12.8 Å². The van der Waals surface area contributed by atoms with E-state index >= 15 is 0 Å². The zero-order valence-corrected chi connectivity index (χ0v) is 12.6. The van der Waals surface area contributed by atoms with Crippen molar-refractivity contribution >= 4 is 38.4 Å². The van der Waals surface area contributed by atoms with Crippen LogP contribution in [0.3, 0.4) is 0 Å². The second-order valence-corrected chi connectivity index (χ2v) is 7.08. The lowest BCUT2D eigenvalue weighted by atomic mass is 10.1. The number of Topliss-reactive ketones (excluding diaryl/α,β-unsaturated/α-hetero) is 1. The Morgan fingerprint density at radius 3 is 2.56 bits per heavy atom. The predicted molar refractivity (Wildman–Crippen MR) is 75.3 cm³/mol. The number of rotatable bonds is 5. The molecule has 6 heteroatoms. The normalized spacial score (nSPS) is 20.8. The molecule has 0 radical (unpaired) electrons. The van der Waals surface area contributed by atoms with Crippen molar-refractivity contribution in [3.8, 4) is 0 Å². The molecular formula is C12H19NO3S2. The fourth-order valence-electron chi connectivity index (χ4n) is 2.03. The Bertz CT molecular complexity index is 346. The van der Waals surface area contributed by atoms with Crippen LogP contribution in [0.5, 0.6) is 0 Å². The first kappa shape index (κ1) is 15.6. The minimum Gasteiger partial charge on any atom is -0.332 e. The van der Waals surface area contributed by atoms with Crippen LogP contribution in [0, 0.1) is 5.92 Å². The number of hydrogen-bond donors (Lipinski definition) is 0. The first-order chi connectivity index (χ1) is 8.43. The van der Waals surface area contributed by atoms with Gasteiger partial charge < -0.3 is 4.90 Å². The summed E-state index contributed by atoms with van der Waals surface area (Å²) in [5.74, 6) is 0.550. The highest BCUT2D eigenvalue weighted by atomic mass is 33.1. The number of ketones is 1. The van der Waals surface area contributed by atoms with Crippen molar-refractivity contribution in [1.29, 1.82) is 0 Å². The van der Waals surface area contributed by atoms with Crippen LogP contribution >= 0.6 is 21.6 Å². The van der Waals surface area contributed by atoms with E-state index in [1.807, 2.05) is 6.92 Å². The Balaban J connectivity index is 2.47. The Hall–Kier alpha value is -0.490. The molecule has 0 saturated carbocycles. The van der Waals surface area contributed by atoms with Crippen LogP contribution in [0.4, 0.5) is 0 Å². The van der Waals surface area contributed by atoms with Crippen LogP contribution in [0.1, 0.15) is 33.6 Å². The fourth-order valence-corrected chi connectivity index (χ4v) is 3.92. The third-order valence-corrected chi connectivity index (χ3v) is 5.38. The third kappa shape index (κ3) is 4.31. The minimum absolute atomic E-state index is 0.0318. The van der Waals surface area contributed by atoms with Gasteiger partial charge in [-0.2, -0.15) is 0 Å². The number of nitrogens with zero attached hydrogens (tertiary/aromatic N) is 1. The molecule has 0 aliphatic carbocycles. The Kier molecular flexibility index (Phi) is 6.21. The number of carbonyl (C=O) groups excluding carboxylic acids is 3. The molecule has 1 heterocycles. The van der Waals surface area contributed by atoms with Crippen LogP contribution in [0.15, 0.2) is 0 Å². The average molecular weight is 289 g/mol. The van der Waals surface area contributed by atoms with Crippen molar-refractivity contribution in [2.75, 3.05) is 12.3 Å². The lowest BCUT2D eigenvalue weighted by Crippen LogP contribution is -2.42. The van der Waals surface area contributed by atoms with Gasteiger partial charge in [0.1, 0.15) is 0 Å². The maximum absolute atomic E-state index is 12.2. The zero-order chi connectivity index (χ0) is 13.7. The molecule has 1 amide bonds. The second-order valence-electron chi connectivity index (χ2n) is 4.56. The molecule has 1 saturated heterocycles. The first-order valence-corrected chi connectivity index (χ1v) is 8.36. The molecule has 18 heavy (non-hydrogen) atoms. The van der Waals surface area contributed by atoms with Crippen LogP contribution < -0.4 is 0 Å². The summed E-state index contributed by atoms with van der Waals surface area (Å²) in [7, 11) is 2.57. The Morgan fingerprint density at radius 1 is 1.33 bits per heavy atom. The number of hydrogen-bond acceptors (Lipinski definition) is 5. The highest BCUT2D eigenvalue weighted by Crippen LogP contribution is 2.27. The van der Waals surface area contributed by atoms with Gasteiger partial charge in [-0.05, 0) is 30.6 Å². The molecule has 1 aliphatic heterocycles. The van der Waals surface area contributed by atoms with E-state index in [2.05, 4.69) is 0 Å². The summed E-state index contributed by atoms with van der Waals surface area (Å²) in [6.45, 7) is 5.58. The van der Waals surface area contributed by atoms with Crippen LogP contribution in [-0.4, -0.2) is 40.0 Å². The molecule has 0 unspecified atom stereocenters. The molecule has 102 valence electrons. The van der Waals surface area contributed by atoms with E-state index in [0.29, 0.717) is 12.3 Å². The topological polar surface area (TPSA) is 54.5 Å². The fraction of sp³-hybridized carbons (Fsp3) is 0.750. The van der Waals surface area contributed by atoms with Crippen molar-refractivity contribution < 1.29 is 14.4 Å². The molecule has 0 aromatic rings. The summed E-state index contributed by atoms with van der Waals surface area (Å²) in [6.07, 6.45) is 1.68. The molecule has 0 N–H and O–H groups in total. The monoisotopic (exact) mass is 289 g/mol. The molecule has 0 aromatic heterocycles. The SMILES string of the molecule is CC(=O)SSC[C@@H](C)C(=O)N1CCC[C@H]1C(C)=O. The quantitative estimate of drug-likeness (QED) is 0.726. The Labute approximate surface area is 116 Å². The van der Waals surface area contributed by atoms with E-state index in [9.17, 15) is 14.4 Å². The molecule has 1 fully saturated rings. The van der Waals surface area contributed by atoms with Gasteiger partial charge in [0.15, 0.2) is 10.9 Å². The lowest BCUT2D eigenvalue weighted by molar-refractivity contribution is -0.139. The van der Waals surface area contributed by atoms with Gasteiger partial charge in [-0.1, -0.05) is 17.7 Å². The van der Waals surface area contributed by atoms with E-state index in [1.165, 1.54) is 28.5 Å². The Morgan fingerprint density at radius 2 is 2.00 bits per heavy atom. The molecule has 4 nitrogen and oxygen atoms in total. The standard InChI is InChI=1S/C12H19NO3S2/c1-8(7-17-18-10(3)15)12(16)13-6-4-5-11(13)9(2)14/h8,11H,4-7H2,1-3H3/t8-,11+/m1/s1. The number of likely N-dealkylation sites (tertiary alicyclic amines) is 1. The van der Waals surface area contributed by atoms with E-state index in [-0.39, 0.29) is 28.8 Å². The summed E-state index contributed by atoms with van der Waals surface area (Å²) < 4.78 is 0. The highest BCUT2D eigenvalue weighted by molar-refractivity contribution is 8.82. The van der Waals surface area contributed by atoms with Gasteiger partial charge in [-0.15, -0.1) is 0 Å². The summed E-state index contributed by atoms with van der Waals surface area (Å²) in [4.78, 5) is 36.1. The van der Waals surface area contributed by atoms with E-state index in [1.54, 1.807) is 11.8 Å².